The molecule has 0 bridgehead atoms. The van der Waals surface area contributed by atoms with Crippen LogP contribution in [0.2, 0.25) is 0 Å². The van der Waals surface area contributed by atoms with Crippen LogP contribution in [-0.2, 0) is 0 Å². The minimum atomic E-state index is 0.316. The molecule has 1 heterocycles. The van der Waals surface area contributed by atoms with Gasteiger partial charge in [-0.2, -0.15) is 0 Å². The summed E-state index contributed by atoms with van der Waals surface area (Å²) in [5, 5.41) is 0. The van der Waals surface area contributed by atoms with Gasteiger partial charge in [0.2, 0.25) is 0 Å². The third-order valence-corrected chi connectivity index (χ3v) is 3.90. The van der Waals surface area contributed by atoms with Crippen LogP contribution in [-0.4, -0.2) is 31.1 Å². The van der Waals surface area contributed by atoms with Crippen LogP contribution in [0.25, 0.3) is 0 Å². The molecule has 1 aromatic rings. The molecule has 1 aromatic carbocycles. The molecule has 2 atom stereocenters. The lowest BCUT2D eigenvalue weighted by Gasteiger charge is -2.35. The average Bonchev–Trinajstić information content (AvgIpc) is 2.32. The van der Waals surface area contributed by atoms with E-state index in [0.717, 1.165) is 19.5 Å². The highest BCUT2D eigenvalue weighted by Gasteiger charge is 2.25. The van der Waals surface area contributed by atoms with Gasteiger partial charge in [-0.15, -0.1) is 0 Å². The van der Waals surface area contributed by atoms with Crippen molar-refractivity contribution >= 4 is 0 Å². The Hall–Kier alpha value is -0.860. The lowest BCUT2D eigenvalue weighted by atomic mass is 9.86. The predicted octanol–water partition coefficient (Wildman–Crippen LogP) is 2.56. The fourth-order valence-electron chi connectivity index (χ4n) is 2.61. The van der Waals surface area contributed by atoms with Gasteiger partial charge in [0.15, 0.2) is 0 Å². The maximum atomic E-state index is 6.24. The Morgan fingerprint density at radius 3 is 2.47 bits per heavy atom. The van der Waals surface area contributed by atoms with Crippen molar-refractivity contribution < 1.29 is 0 Å². The van der Waals surface area contributed by atoms with E-state index in [1.165, 1.54) is 11.1 Å². The van der Waals surface area contributed by atoms with E-state index in [0.29, 0.717) is 17.9 Å². The Morgan fingerprint density at radius 1 is 1.24 bits per heavy atom. The summed E-state index contributed by atoms with van der Waals surface area (Å²) in [6, 6.07) is 9.34. The summed E-state index contributed by atoms with van der Waals surface area (Å²) in [4.78, 5) is 2.38. The summed E-state index contributed by atoms with van der Waals surface area (Å²) in [7, 11) is 2.18. The largest absolute Gasteiger partial charge is 0.327 e. The molecule has 0 aliphatic carbocycles. The first-order valence-corrected chi connectivity index (χ1v) is 6.62. The molecule has 1 aliphatic rings. The molecule has 94 valence electrons. The number of nitrogens with two attached hydrogens (primary N) is 1. The topological polar surface area (TPSA) is 29.3 Å². The molecule has 1 saturated heterocycles. The first-order valence-electron chi connectivity index (χ1n) is 6.62. The van der Waals surface area contributed by atoms with Crippen LogP contribution >= 0.6 is 0 Å². The Morgan fingerprint density at radius 2 is 1.88 bits per heavy atom. The molecule has 2 nitrogen and oxygen atoms in total. The van der Waals surface area contributed by atoms with E-state index in [1.54, 1.807) is 0 Å². The van der Waals surface area contributed by atoms with Crippen molar-refractivity contribution in [2.24, 2.45) is 5.73 Å². The molecule has 1 aliphatic heterocycles. The summed E-state index contributed by atoms with van der Waals surface area (Å²) < 4.78 is 0. The molecule has 17 heavy (non-hydrogen) atoms. The third-order valence-electron chi connectivity index (χ3n) is 3.90. The van der Waals surface area contributed by atoms with Gasteiger partial charge in [-0.1, -0.05) is 38.1 Å². The maximum absolute atomic E-state index is 6.24. The maximum Gasteiger partial charge on any atom is 0.0132 e. The summed E-state index contributed by atoms with van der Waals surface area (Å²) >= 11 is 0. The summed E-state index contributed by atoms with van der Waals surface area (Å²) in [6.07, 6.45) is 1.10. The molecule has 1 fully saturated rings. The number of likely N-dealkylation sites (N-methyl/N-ethyl adjacent to an activating group) is 1. The van der Waals surface area contributed by atoms with Gasteiger partial charge in [-0.05, 0) is 37.1 Å². The number of rotatable bonds is 2. The second-order valence-electron chi connectivity index (χ2n) is 5.64. The summed E-state index contributed by atoms with van der Waals surface area (Å²) in [6.45, 7) is 6.67. The van der Waals surface area contributed by atoms with E-state index < -0.39 is 0 Å². The first-order chi connectivity index (χ1) is 8.08. The van der Waals surface area contributed by atoms with Crippen molar-refractivity contribution in [1.29, 1.82) is 0 Å². The number of hydrogen-bond donors (Lipinski definition) is 1. The summed E-state index contributed by atoms with van der Waals surface area (Å²) in [5.74, 6) is 1.10. The number of piperidine rings is 1. The van der Waals surface area contributed by atoms with Crippen LogP contribution in [0.4, 0.5) is 0 Å². The number of hydrogen-bond acceptors (Lipinski definition) is 2. The predicted molar refractivity (Wildman–Crippen MR) is 73.4 cm³/mol. The molecule has 2 N–H and O–H groups in total. The van der Waals surface area contributed by atoms with E-state index in [2.05, 4.69) is 50.1 Å². The van der Waals surface area contributed by atoms with Crippen LogP contribution in [0.1, 0.15) is 43.2 Å². The van der Waals surface area contributed by atoms with Gasteiger partial charge < -0.3 is 10.6 Å². The highest BCUT2D eigenvalue weighted by molar-refractivity contribution is 5.28. The van der Waals surface area contributed by atoms with E-state index in [9.17, 15) is 0 Å². The van der Waals surface area contributed by atoms with Crippen LogP contribution in [0, 0.1) is 0 Å². The zero-order valence-corrected chi connectivity index (χ0v) is 11.2. The zero-order chi connectivity index (χ0) is 12.4. The lowest BCUT2D eigenvalue weighted by Crippen LogP contribution is -2.43. The number of nitrogens with zero attached hydrogens (tertiary/aromatic N) is 1. The van der Waals surface area contributed by atoms with Crippen molar-refractivity contribution in [2.75, 3.05) is 20.1 Å². The molecule has 2 heteroatoms. The molecule has 0 spiro atoms. The number of likely N-dealkylation sites (tertiary alicyclic amines) is 1. The highest BCUT2D eigenvalue weighted by Crippen LogP contribution is 2.26. The minimum absolute atomic E-state index is 0.316. The van der Waals surface area contributed by atoms with Crippen LogP contribution in [0.3, 0.4) is 0 Å². The van der Waals surface area contributed by atoms with Gasteiger partial charge in [-0.3, -0.25) is 0 Å². The fourth-order valence-corrected chi connectivity index (χ4v) is 2.61. The molecule has 0 radical (unpaired) electrons. The monoisotopic (exact) mass is 232 g/mol. The Balaban J connectivity index is 2.15. The van der Waals surface area contributed by atoms with E-state index in [4.69, 9.17) is 5.73 Å². The van der Waals surface area contributed by atoms with Gasteiger partial charge in [0.1, 0.15) is 0 Å². The number of benzene rings is 1. The van der Waals surface area contributed by atoms with E-state index in [1.807, 2.05) is 0 Å². The van der Waals surface area contributed by atoms with Crippen LogP contribution in [0.5, 0.6) is 0 Å². The normalized spacial score (nSPS) is 26.4. The van der Waals surface area contributed by atoms with Crippen molar-refractivity contribution in [3.8, 4) is 0 Å². The van der Waals surface area contributed by atoms with Gasteiger partial charge in [0.25, 0.3) is 0 Å². The van der Waals surface area contributed by atoms with Crippen LogP contribution in [0.15, 0.2) is 24.3 Å². The van der Waals surface area contributed by atoms with Gasteiger partial charge in [0.05, 0.1) is 0 Å². The van der Waals surface area contributed by atoms with Crippen molar-refractivity contribution in [3.05, 3.63) is 35.4 Å². The molecule has 0 amide bonds. The minimum Gasteiger partial charge on any atom is -0.327 e. The first kappa shape index (κ1) is 12.6. The molecule has 2 unspecified atom stereocenters. The van der Waals surface area contributed by atoms with Crippen molar-refractivity contribution in [1.82, 2.24) is 4.90 Å². The summed E-state index contributed by atoms with van der Waals surface area (Å²) in [5.41, 5.74) is 9.05. The van der Waals surface area contributed by atoms with Gasteiger partial charge in [-0.25, -0.2) is 0 Å². The SMILES string of the molecule is CC(C)c1ccc(C2CN(C)CCC2N)cc1. The zero-order valence-electron chi connectivity index (χ0n) is 11.2. The van der Waals surface area contributed by atoms with Gasteiger partial charge >= 0.3 is 0 Å². The van der Waals surface area contributed by atoms with E-state index in [-0.39, 0.29) is 0 Å². The molecule has 0 aromatic heterocycles. The van der Waals surface area contributed by atoms with E-state index >= 15 is 0 Å². The van der Waals surface area contributed by atoms with Crippen molar-refractivity contribution in [3.63, 3.8) is 0 Å². The molecular formula is C15H24N2. The quantitative estimate of drug-likeness (QED) is 0.849. The van der Waals surface area contributed by atoms with Crippen LogP contribution < -0.4 is 5.73 Å². The lowest BCUT2D eigenvalue weighted by molar-refractivity contribution is 0.228. The second-order valence-corrected chi connectivity index (χ2v) is 5.64. The Labute approximate surface area is 105 Å². The molecular weight excluding hydrogens is 208 g/mol. The van der Waals surface area contributed by atoms with Gasteiger partial charge in [0, 0.05) is 18.5 Å². The third kappa shape index (κ3) is 2.88. The molecule has 2 rings (SSSR count). The van der Waals surface area contributed by atoms with Crippen molar-refractivity contribution in [2.45, 2.75) is 38.1 Å². The smallest absolute Gasteiger partial charge is 0.0132 e. The second kappa shape index (κ2) is 5.19. The molecule has 0 saturated carbocycles. The Bertz CT molecular complexity index is 356. The standard InChI is InChI=1S/C15H24N2/c1-11(2)12-4-6-13(7-5-12)14-10-17(3)9-8-15(14)16/h4-7,11,14-15H,8-10,16H2,1-3H3. The average molecular weight is 232 g/mol. The highest BCUT2D eigenvalue weighted by atomic mass is 15.1. The fraction of sp³-hybridized carbons (Fsp3) is 0.600. The Kier molecular flexibility index (Phi) is 3.85.